The van der Waals surface area contributed by atoms with Gasteiger partial charge in [0, 0.05) is 6.07 Å². The third-order valence-corrected chi connectivity index (χ3v) is 3.90. The van der Waals surface area contributed by atoms with Gasteiger partial charge in [0.1, 0.15) is 17.2 Å². The van der Waals surface area contributed by atoms with Crippen LogP contribution in [-0.2, 0) is 4.79 Å². The molecule has 0 heterocycles. The molecule has 0 aliphatic carbocycles. The van der Waals surface area contributed by atoms with E-state index in [1.54, 1.807) is 32.4 Å². The van der Waals surface area contributed by atoms with Gasteiger partial charge in [-0.25, -0.2) is 0 Å². The number of nitrogens with one attached hydrogen (secondary N) is 1. The predicted octanol–water partition coefficient (Wildman–Crippen LogP) is 3.65. The number of benzene rings is 2. The van der Waals surface area contributed by atoms with Gasteiger partial charge in [0.05, 0.1) is 19.9 Å². The number of carbonyl (C=O) groups is 1. The van der Waals surface area contributed by atoms with E-state index in [1.807, 2.05) is 32.9 Å². The molecule has 1 N–H and O–H groups in total. The lowest BCUT2D eigenvalue weighted by Gasteiger charge is -2.15. The van der Waals surface area contributed by atoms with E-state index < -0.39 is 0 Å². The molecular formula is C19H23NO4. The van der Waals surface area contributed by atoms with Crippen LogP contribution in [-0.4, -0.2) is 26.7 Å². The number of hydrogen-bond donors (Lipinski definition) is 1. The Kier molecular flexibility index (Phi) is 5.68. The first-order valence-corrected chi connectivity index (χ1v) is 7.67. The third-order valence-electron chi connectivity index (χ3n) is 3.90. The van der Waals surface area contributed by atoms with Crippen molar-refractivity contribution in [2.45, 2.75) is 20.8 Å². The summed E-state index contributed by atoms with van der Waals surface area (Å²) in [6.07, 6.45) is 0. The van der Waals surface area contributed by atoms with Crippen LogP contribution in [0.25, 0.3) is 0 Å². The molecule has 5 heteroatoms. The minimum absolute atomic E-state index is 0.0691. The summed E-state index contributed by atoms with van der Waals surface area (Å²) < 4.78 is 16.1. The van der Waals surface area contributed by atoms with Crippen molar-refractivity contribution < 1.29 is 19.0 Å². The van der Waals surface area contributed by atoms with Gasteiger partial charge in [-0.05, 0) is 49.6 Å². The lowest BCUT2D eigenvalue weighted by Crippen LogP contribution is -2.21. The highest BCUT2D eigenvalue weighted by molar-refractivity contribution is 5.93. The Morgan fingerprint density at radius 1 is 1.00 bits per heavy atom. The number of rotatable bonds is 6. The predicted molar refractivity (Wildman–Crippen MR) is 94.3 cm³/mol. The maximum absolute atomic E-state index is 12.2. The molecule has 0 atom stereocenters. The Morgan fingerprint density at radius 3 is 2.38 bits per heavy atom. The summed E-state index contributed by atoms with van der Waals surface area (Å²) >= 11 is 0. The van der Waals surface area contributed by atoms with E-state index in [0.29, 0.717) is 17.2 Å². The molecule has 2 aromatic rings. The molecule has 0 aromatic heterocycles. The van der Waals surface area contributed by atoms with Gasteiger partial charge in [0.25, 0.3) is 5.91 Å². The van der Waals surface area contributed by atoms with Gasteiger partial charge < -0.3 is 19.5 Å². The SMILES string of the molecule is COc1ccc(NC(=O)COc2c(C)ccc(C)c2C)c(OC)c1. The highest BCUT2D eigenvalue weighted by Gasteiger charge is 2.12. The van der Waals surface area contributed by atoms with Gasteiger partial charge in [-0.1, -0.05) is 12.1 Å². The first-order valence-electron chi connectivity index (χ1n) is 7.67. The van der Waals surface area contributed by atoms with E-state index in [1.165, 1.54) is 0 Å². The highest BCUT2D eigenvalue weighted by Crippen LogP contribution is 2.29. The minimum Gasteiger partial charge on any atom is -0.497 e. The zero-order valence-electron chi connectivity index (χ0n) is 14.7. The summed E-state index contributed by atoms with van der Waals surface area (Å²) in [5.74, 6) is 1.70. The van der Waals surface area contributed by atoms with E-state index in [9.17, 15) is 4.79 Å². The average Bonchev–Trinajstić information content (AvgIpc) is 2.58. The summed E-state index contributed by atoms with van der Waals surface area (Å²) in [5.41, 5.74) is 3.76. The lowest BCUT2D eigenvalue weighted by molar-refractivity contribution is -0.118. The zero-order valence-corrected chi connectivity index (χ0v) is 14.7. The molecule has 2 rings (SSSR count). The fraction of sp³-hybridized carbons (Fsp3) is 0.316. The van der Waals surface area contributed by atoms with Gasteiger partial charge in [-0.3, -0.25) is 4.79 Å². The van der Waals surface area contributed by atoms with Crippen LogP contribution in [0, 0.1) is 20.8 Å². The number of aryl methyl sites for hydroxylation is 2. The van der Waals surface area contributed by atoms with Crippen molar-refractivity contribution in [1.29, 1.82) is 0 Å². The second kappa shape index (κ2) is 7.73. The van der Waals surface area contributed by atoms with Crippen LogP contribution in [0.4, 0.5) is 5.69 Å². The summed E-state index contributed by atoms with van der Waals surface area (Å²) in [4.78, 5) is 12.2. The number of carbonyl (C=O) groups excluding carboxylic acids is 1. The Morgan fingerprint density at radius 2 is 1.71 bits per heavy atom. The standard InChI is InChI=1S/C19H23NO4/c1-12-6-7-13(2)19(14(12)3)24-11-18(21)20-16-9-8-15(22-4)10-17(16)23-5/h6-10H,11H2,1-5H3,(H,20,21). The molecule has 0 saturated carbocycles. The van der Waals surface area contributed by atoms with Crippen LogP contribution in [0.2, 0.25) is 0 Å². The summed E-state index contributed by atoms with van der Waals surface area (Å²) in [5, 5.41) is 2.79. The molecule has 0 fully saturated rings. The number of ether oxygens (including phenoxy) is 3. The first kappa shape index (κ1) is 17.7. The van der Waals surface area contributed by atoms with Crippen molar-refractivity contribution in [3.8, 4) is 17.2 Å². The summed E-state index contributed by atoms with van der Waals surface area (Å²) in [7, 11) is 3.12. The number of methoxy groups -OCH3 is 2. The van der Waals surface area contributed by atoms with E-state index >= 15 is 0 Å². The third kappa shape index (κ3) is 3.98. The summed E-state index contributed by atoms with van der Waals surface area (Å²) in [6, 6.07) is 9.24. The Balaban J connectivity index is 2.06. The molecule has 0 aliphatic rings. The van der Waals surface area contributed by atoms with Crippen LogP contribution in [0.5, 0.6) is 17.2 Å². The van der Waals surface area contributed by atoms with Crippen LogP contribution >= 0.6 is 0 Å². The molecular weight excluding hydrogens is 306 g/mol. The molecule has 5 nitrogen and oxygen atoms in total. The van der Waals surface area contributed by atoms with Gasteiger partial charge in [-0.2, -0.15) is 0 Å². The minimum atomic E-state index is -0.251. The second-order valence-corrected chi connectivity index (χ2v) is 5.56. The van der Waals surface area contributed by atoms with Crippen molar-refractivity contribution in [3.05, 3.63) is 47.0 Å². The quantitative estimate of drug-likeness (QED) is 0.879. The van der Waals surface area contributed by atoms with Crippen molar-refractivity contribution in [2.24, 2.45) is 0 Å². The lowest BCUT2D eigenvalue weighted by atomic mass is 10.1. The molecule has 0 bridgehead atoms. The fourth-order valence-corrected chi connectivity index (χ4v) is 2.37. The maximum atomic E-state index is 12.2. The van der Waals surface area contributed by atoms with Crippen molar-refractivity contribution in [2.75, 3.05) is 26.1 Å². The zero-order chi connectivity index (χ0) is 17.7. The first-order chi connectivity index (χ1) is 11.5. The Labute approximate surface area is 142 Å². The molecule has 1 amide bonds. The number of amides is 1. The normalized spacial score (nSPS) is 10.2. The van der Waals surface area contributed by atoms with Crippen LogP contribution < -0.4 is 19.5 Å². The second-order valence-electron chi connectivity index (χ2n) is 5.56. The van der Waals surface area contributed by atoms with Gasteiger partial charge in [0.2, 0.25) is 0 Å². The molecule has 2 aromatic carbocycles. The van der Waals surface area contributed by atoms with Crippen molar-refractivity contribution in [3.63, 3.8) is 0 Å². The molecule has 128 valence electrons. The smallest absolute Gasteiger partial charge is 0.262 e. The monoisotopic (exact) mass is 329 g/mol. The molecule has 0 saturated heterocycles. The topological polar surface area (TPSA) is 56.8 Å². The van der Waals surface area contributed by atoms with E-state index in [-0.39, 0.29) is 12.5 Å². The Bertz CT molecular complexity index is 740. The largest absolute Gasteiger partial charge is 0.497 e. The number of anilines is 1. The van der Waals surface area contributed by atoms with Crippen LogP contribution in [0.3, 0.4) is 0 Å². The molecule has 0 spiro atoms. The maximum Gasteiger partial charge on any atom is 0.262 e. The van der Waals surface area contributed by atoms with E-state index in [0.717, 1.165) is 22.4 Å². The van der Waals surface area contributed by atoms with Crippen LogP contribution in [0.1, 0.15) is 16.7 Å². The average molecular weight is 329 g/mol. The van der Waals surface area contributed by atoms with Gasteiger partial charge in [0.15, 0.2) is 6.61 Å². The van der Waals surface area contributed by atoms with Crippen molar-refractivity contribution in [1.82, 2.24) is 0 Å². The molecule has 0 unspecified atom stereocenters. The van der Waals surface area contributed by atoms with Crippen LogP contribution in [0.15, 0.2) is 30.3 Å². The van der Waals surface area contributed by atoms with Crippen molar-refractivity contribution >= 4 is 11.6 Å². The Hall–Kier alpha value is -2.69. The molecule has 0 radical (unpaired) electrons. The molecule has 24 heavy (non-hydrogen) atoms. The van der Waals surface area contributed by atoms with Gasteiger partial charge >= 0.3 is 0 Å². The molecule has 0 aliphatic heterocycles. The van der Waals surface area contributed by atoms with Gasteiger partial charge in [-0.15, -0.1) is 0 Å². The highest BCUT2D eigenvalue weighted by atomic mass is 16.5. The number of hydrogen-bond acceptors (Lipinski definition) is 4. The summed E-state index contributed by atoms with van der Waals surface area (Å²) in [6.45, 7) is 5.90. The fourth-order valence-electron chi connectivity index (χ4n) is 2.37. The van der Waals surface area contributed by atoms with E-state index in [4.69, 9.17) is 14.2 Å². The van der Waals surface area contributed by atoms with E-state index in [2.05, 4.69) is 5.32 Å².